The van der Waals surface area contributed by atoms with E-state index in [-0.39, 0.29) is 29.1 Å². The lowest BCUT2D eigenvalue weighted by Gasteiger charge is -2.52. The molecule has 1 aliphatic rings. The number of nitrogen functional groups attached to an aromatic ring is 2. The van der Waals surface area contributed by atoms with E-state index in [9.17, 15) is 4.79 Å². The van der Waals surface area contributed by atoms with Crippen LogP contribution in [0.5, 0.6) is 0 Å². The Kier molecular flexibility index (Phi) is 27.5. The predicted octanol–water partition coefficient (Wildman–Crippen LogP) is 13.5. The van der Waals surface area contributed by atoms with Crippen molar-refractivity contribution in [1.29, 1.82) is 0 Å². The van der Waals surface area contributed by atoms with Gasteiger partial charge in [-0.2, -0.15) is 0 Å². The van der Waals surface area contributed by atoms with Crippen LogP contribution >= 0.6 is 0 Å². The van der Waals surface area contributed by atoms with E-state index in [1.807, 2.05) is 38.1 Å². The van der Waals surface area contributed by atoms with Gasteiger partial charge in [0.2, 0.25) is 5.91 Å². The molecule has 374 valence electrons. The smallest absolute Gasteiger partial charge is 0.230 e. The minimum atomic E-state index is -0.573. The van der Waals surface area contributed by atoms with Crippen molar-refractivity contribution in [3.63, 3.8) is 0 Å². The van der Waals surface area contributed by atoms with Gasteiger partial charge in [-0.1, -0.05) is 71.9 Å². The molecule has 1 amide bonds. The van der Waals surface area contributed by atoms with Gasteiger partial charge in [0, 0.05) is 75.2 Å². The number of nitrogens with two attached hydrogens (primary N) is 2. The highest BCUT2D eigenvalue weighted by atomic mass is 16.3. The summed E-state index contributed by atoms with van der Waals surface area (Å²) in [5, 5.41) is 19.0. The lowest BCUT2D eigenvalue weighted by Crippen LogP contribution is -2.63. The van der Waals surface area contributed by atoms with E-state index in [4.69, 9.17) is 16.6 Å². The van der Waals surface area contributed by atoms with Crippen LogP contribution in [0.15, 0.2) is 108 Å². The molecule has 0 spiro atoms. The summed E-state index contributed by atoms with van der Waals surface area (Å²) in [6.45, 7) is 49.4. The van der Waals surface area contributed by atoms with Crippen LogP contribution in [0.2, 0.25) is 0 Å². The molecule has 9 heteroatoms. The number of hydrogen-bond acceptors (Lipinski definition) is 8. The zero-order valence-corrected chi connectivity index (χ0v) is 45.3. The normalized spacial score (nSPS) is 15.7. The van der Waals surface area contributed by atoms with Crippen molar-refractivity contribution >= 4 is 28.7 Å². The number of aliphatic hydroxyl groups excluding tert-OH is 1. The summed E-state index contributed by atoms with van der Waals surface area (Å²) in [6, 6.07) is 16.5. The second-order valence-corrected chi connectivity index (χ2v) is 20.1. The second kappa shape index (κ2) is 29.4. The molecular formula is C57H99N7O2. The Morgan fingerprint density at radius 2 is 1.30 bits per heavy atom. The van der Waals surface area contributed by atoms with Gasteiger partial charge in [0.1, 0.15) is 0 Å². The van der Waals surface area contributed by atoms with E-state index in [0.29, 0.717) is 35.9 Å². The van der Waals surface area contributed by atoms with E-state index in [1.165, 1.54) is 16.7 Å². The first-order valence-electron chi connectivity index (χ1n) is 24.7. The van der Waals surface area contributed by atoms with E-state index in [0.717, 1.165) is 62.3 Å². The van der Waals surface area contributed by atoms with Crippen LogP contribution in [0.25, 0.3) is 0 Å². The van der Waals surface area contributed by atoms with Crippen LogP contribution in [0.1, 0.15) is 163 Å². The summed E-state index contributed by atoms with van der Waals surface area (Å²) in [4.78, 5) is 17.2. The molecule has 0 aromatic heterocycles. The molecule has 0 aliphatic heterocycles. The SMILES string of the molecule is C/C=C1/CC(N(CCC)C(C)(C)C(C)(C)Nc2ccc(N)cc2)C/C1=C/C.C=C/C=C(\C)NC(C)C(C)(C)N(CCC)C(C)CC(=C)C.CC.CC(C)(CCO)C(=O)Nc1ccc(N)cc1. The van der Waals surface area contributed by atoms with Gasteiger partial charge in [-0.15, -0.1) is 6.58 Å². The average molecular weight is 914 g/mol. The largest absolute Gasteiger partial charge is 0.399 e. The summed E-state index contributed by atoms with van der Waals surface area (Å²) < 4.78 is 0. The first kappa shape index (κ1) is 61.7. The number of hydrogen-bond donors (Lipinski definition) is 6. The van der Waals surface area contributed by atoms with Crippen molar-refractivity contribution in [3.05, 3.63) is 108 Å². The third kappa shape index (κ3) is 19.5. The van der Waals surface area contributed by atoms with Gasteiger partial charge in [-0.25, -0.2) is 0 Å². The van der Waals surface area contributed by atoms with E-state index in [1.54, 1.807) is 38.1 Å². The number of aliphatic hydroxyl groups is 1. The molecule has 0 bridgehead atoms. The Hall–Kier alpha value is -4.31. The summed E-state index contributed by atoms with van der Waals surface area (Å²) in [6.07, 6.45) is 14.6. The van der Waals surface area contributed by atoms with E-state index in [2.05, 4.69) is 160 Å². The van der Waals surface area contributed by atoms with E-state index >= 15 is 0 Å². The monoisotopic (exact) mass is 914 g/mol. The maximum Gasteiger partial charge on any atom is 0.230 e. The number of rotatable bonds is 21. The standard InChI is InChI=1S/C24H39N3.C19H36N2.C12H18N2O2.C2H6/c1-8-15-27(22-16-18(9-2)19(10-3)17-22)24(6,7)23(4,5)26-21-13-11-20(25)12-14-21;1-10-12-16(5)20-18(7)19(8,9)21(13-11-2)17(6)14-15(3)4;1-12(2,7-8-15)11(16)14-10-5-3-9(13)4-6-10;1-2/h9-14,22,26H,8,15-17,25H2,1-7H3;10,12,17-18,20H,1,3,11,13-14H2,2,4-9H3;3-6,15H,7-8,13H2,1-2H3,(H,14,16);1-2H3/b18-9-,19-10-;16-12+;;. The van der Waals surface area contributed by atoms with Crippen LogP contribution in [0, 0.1) is 5.41 Å². The van der Waals surface area contributed by atoms with Crippen LogP contribution in [-0.2, 0) is 4.79 Å². The van der Waals surface area contributed by atoms with Crippen molar-refractivity contribution in [1.82, 2.24) is 15.1 Å². The fourth-order valence-corrected chi connectivity index (χ4v) is 8.45. The molecule has 9 nitrogen and oxygen atoms in total. The van der Waals surface area contributed by atoms with Gasteiger partial charge >= 0.3 is 0 Å². The van der Waals surface area contributed by atoms with Crippen molar-refractivity contribution < 1.29 is 9.90 Å². The minimum Gasteiger partial charge on any atom is -0.399 e. The Bertz CT molecular complexity index is 1800. The highest BCUT2D eigenvalue weighted by molar-refractivity contribution is 5.94. The van der Waals surface area contributed by atoms with Crippen molar-refractivity contribution in [2.45, 2.75) is 198 Å². The minimum absolute atomic E-state index is 0.00214. The van der Waals surface area contributed by atoms with Crippen LogP contribution in [0.3, 0.4) is 0 Å². The lowest BCUT2D eigenvalue weighted by molar-refractivity contribution is -0.124. The fourth-order valence-electron chi connectivity index (χ4n) is 8.45. The van der Waals surface area contributed by atoms with Gasteiger partial charge < -0.3 is 32.5 Å². The van der Waals surface area contributed by atoms with Crippen molar-refractivity contribution in [3.8, 4) is 0 Å². The van der Waals surface area contributed by atoms with Crippen LogP contribution in [0.4, 0.5) is 22.7 Å². The van der Waals surface area contributed by atoms with Crippen molar-refractivity contribution in [2.24, 2.45) is 5.41 Å². The van der Waals surface area contributed by atoms with Gasteiger partial charge in [0.15, 0.2) is 0 Å². The molecule has 1 aliphatic carbocycles. The summed E-state index contributed by atoms with van der Waals surface area (Å²) >= 11 is 0. The number of nitrogens with zero attached hydrogens (tertiary/aromatic N) is 2. The van der Waals surface area contributed by atoms with Gasteiger partial charge in [0.05, 0.1) is 0 Å². The molecule has 0 saturated heterocycles. The van der Waals surface area contributed by atoms with E-state index < -0.39 is 5.41 Å². The molecule has 1 saturated carbocycles. The lowest BCUT2D eigenvalue weighted by atomic mass is 9.79. The van der Waals surface area contributed by atoms with Crippen molar-refractivity contribution in [2.75, 3.05) is 41.8 Å². The second-order valence-electron chi connectivity index (χ2n) is 20.1. The third-order valence-corrected chi connectivity index (χ3v) is 13.3. The Morgan fingerprint density at radius 3 is 1.71 bits per heavy atom. The first-order valence-corrected chi connectivity index (χ1v) is 24.7. The van der Waals surface area contributed by atoms with Gasteiger partial charge in [-0.05, 0) is 200 Å². The molecule has 2 atom stereocenters. The average Bonchev–Trinajstić information content (AvgIpc) is 3.67. The Balaban J connectivity index is 0.000000974. The Morgan fingerprint density at radius 1 is 0.833 bits per heavy atom. The topological polar surface area (TPSA) is 132 Å². The molecule has 2 aromatic carbocycles. The highest BCUT2D eigenvalue weighted by Crippen LogP contribution is 2.41. The first-order chi connectivity index (χ1) is 30.8. The molecule has 2 aromatic rings. The predicted molar refractivity (Wildman–Crippen MR) is 293 cm³/mol. The molecule has 8 N–H and O–H groups in total. The number of carbonyl (C=O) groups excluding carboxylic acids is 1. The number of anilines is 4. The quantitative estimate of drug-likeness (QED) is 0.0415. The van der Waals surface area contributed by atoms with Crippen LogP contribution in [-0.4, -0.2) is 75.3 Å². The van der Waals surface area contributed by atoms with Crippen LogP contribution < -0.4 is 27.4 Å². The highest BCUT2D eigenvalue weighted by Gasteiger charge is 2.45. The molecule has 0 radical (unpaired) electrons. The molecule has 1 fully saturated rings. The zero-order chi connectivity index (χ0) is 51.1. The maximum atomic E-state index is 11.9. The summed E-state index contributed by atoms with van der Waals surface area (Å²) in [5.41, 5.74) is 19.5. The Labute approximate surface area is 405 Å². The number of nitrogens with one attached hydrogen (secondary N) is 3. The third-order valence-electron chi connectivity index (χ3n) is 13.3. The molecular weight excluding hydrogens is 815 g/mol. The van der Waals surface area contributed by atoms with Gasteiger partial charge in [-0.3, -0.25) is 14.6 Å². The molecule has 3 rings (SSSR count). The fraction of sp³-hybridized carbons (Fsp3) is 0.596. The number of benzene rings is 2. The number of allylic oxidation sites excluding steroid dienone is 5. The maximum absolute atomic E-state index is 11.9. The molecule has 2 unspecified atom stereocenters. The summed E-state index contributed by atoms with van der Waals surface area (Å²) in [5.74, 6) is -0.105. The summed E-state index contributed by atoms with van der Waals surface area (Å²) in [7, 11) is 0. The molecule has 0 heterocycles. The molecule has 66 heavy (non-hydrogen) atoms. The number of carbonyl (C=O) groups is 1. The number of amides is 1. The zero-order valence-electron chi connectivity index (χ0n) is 45.3. The van der Waals surface area contributed by atoms with Gasteiger partial charge in [0.25, 0.3) is 0 Å².